The van der Waals surface area contributed by atoms with E-state index in [2.05, 4.69) is 22.9 Å². The van der Waals surface area contributed by atoms with Crippen molar-refractivity contribution in [2.24, 2.45) is 11.8 Å². The topological polar surface area (TPSA) is 105 Å². The molecule has 7 nitrogen and oxygen atoms in total. The Morgan fingerprint density at radius 2 is 1.66 bits per heavy atom. The van der Waals surface area contributed by atoms with E-state index in [1.807, 2.05) is 20.8 Å². The Kier molecular flexibility index (Phi) is 14.0. The van der Waals surface area contributed by atoms with Gasteiger partial charge in [-0.1, -0.05) is 56.5 Å². The van der Waals surface area contributed by atoms with Crippen LogP contribution in [-0.4, -0.2) is 70.1 Å². The second-order valence-corrected chi connectivity index (χ2v) is 11.4. The number of hydrogen-bond donors (Lipinski definition) is 3. The largest absolute Gasteiger partial charge is 0.459 e. The molecule has 0 unspecified atom stereocenters. The molecule has 8 heteroatoms. The Balaban J connectivity index is 3.44. The van der Waals surface area contributed by atoms with E-state index in [0.29, 0.717) is 24.1 Å². The maximum Gasteiger partial charge on any atom is 0.311 e. The third-order valence-corrected chi connectivity index (χ3v) is 8.15. The summed E-state index contributed by atoms with van der Waals surface area (Å²) >= 11 is 3.53. The summed E-state index contributed by atoms with van der Waals surface area (Å²) in [6.07, 6.45) is 3.22. The highest BCUT2D eigenvalue weighted by molar-refractivity contribution is 9.11. The fraction of sp³-hybridized carbons (Fsp3) is 0.889. The van der Waals surface area contributed by atoms with Gasteiger partial charge in [0.1, 0.15) is 11.7 Å². The summed E-state index contributed by atoms with van der Waals surface area (Å²) in [6.45, 7) is 13.9. The summed E-state index contributed by atoms with van der Waals surface area (Å²) in [7, 11) is 0. The van der Waals surface area contributed by atoms with E-state index in [1.54, 1.807) is 26.8 Å². The van der Waals surface area contributed by atoms with Crippen LogP contribution in [0.4, 0.5) is 0 Å². The molecule has 3 N–H and O–H groups in total. The molecule has 0 aliphatic carbocycles. The lowest BCUT2D eigenvalue weighted by molar-refractivity contribution is -0.172. The van der Waals surface area contributed by atoms with E-state index in [1.165, 1.54) is 0 Å². The molecule has 1 heterocycles. The molecule has 0 spiro atoms. The first-order valence-electron chi connectivity index (χ1n) is 13.3. The average Bonchev–Trinajstić information content (AvgIpc) is 2.79. The first-order valence-corrected chi connectivity index (χ1v) is 14.0. The van der Waals surface area contributed by atoms with Crippen molar-refractivity contribution < 1.29 is 34.3 Å². The zero-order chi connectivity index (χ0) is 26.8. The SMILES string of the molecule is CCCCO[C@H]1C[C@@H](O)[C@](C)(O)C[C@@H](C)[C@H](OCCCC)/C=C(\Br)[C@](C)(O)[C@@H](CC)OC(=O)[C@@H]1C. The monoisotopic (exact) mass is 564 g/mol. The number of halogens is 1. The number of ether oxygens (including phenoxy) is 3. The van der Waals surface area contributed by atoms with Gasteiger partial charge >= 0.3 is 5.97 Å². The number of cyclic esters (lactones) is 1. The average molecular weight is 566 g/mol. The Bertz CT molecular complexity index is 664. The number of esters is 1. The molecule has 8 atom stereocenters. The van der Waals surface area contributed by atoms with Gasteiger partial charge in [0, 0.05) is 24.1 Å². The van der Waals surface area contributed by atoms with Gasteiger partial charge in [-0.05, 0) is 58.4 Å². The quantitative estimate of drug-likeness (QED) is 0.270. The van der Waals surface area contributed by atoms with Gasteiger partial charge in [0.15, 0.2) is 0 Å². The number of aliphatic hydroxyl groups is 3. The van der Waals surface area contributed by atoms with Crippen molar-refractivity contribution in [3.63, 3.8) is 0 Å². The maximum atomic E-state index is 13.1. The minimum atomic E-state index is -1.47. The molecule has 0 aromatic rings. The van der Waals surface area contributed by atoms with Crippen LogP contribution in [-0.2, 0) is 19.0 Å². The number of hydrogen-bond acceptors (Lipinski definition) is 7. The molecule has 0 radical (unpaired) electrons. The van der Waals surface area contributed by atoms with Crippen LogP contribution < -0.4 is 0 Å². The van der Waals surface area contributed by atoms with Crippen molar-refractivity contribution in [2.45, 2.75) is 129 Å². The molecular formula is C27H49BrO7. The van der Waals surface area contributed by atoms with Crippen molar-refractivity contribution in [3.05, 3.63) is 10.6 Å². The van der Waals surface area contributed by atoms with Gasteiger partial charge in [0.05, 0.1) is 29.8 Å². The molecule has 0 bridgehead atoms. The summed E-state index contributed by atoms with van der Waals surface area (Å²) < 4.78 is 18.4. The summed E-state index contributed by atoms with van der Waals surface area (Å²) in [5.41, 5.74) is -2.90. The molecule has 0 saturated carbocycles. The van der Waals surface area contributed by atoms with Crippen LogP contribution in [0.25, 0.3) is 0 Å². The normalized spacial score (nSPS) is 39.4. The second-order valence-electron chi connectivity index (χ2n) is 10.5. The van der Waals surface area contributed by atoms with Crippen LogP contribution in [0.15, 0.2) is 10.6 Å². The van der Waals surface area contributed by atoms with Gasteiger partial charge in [0.2, 0.25) is 0 Å². The summed E-state index contributed by atoms with van der Waals surface area (Å²) in [4.78, 5) is 13.1. The van der Waals surface area contributed by atoms with Crippen LogP contribution in [0, 0.1) is 11.8 Å². The summed E-state index contributed by atoms with van der Waals surface area (Å²) in [5.74, 6) is -1.36. The Morgan fingerprint density at radius 1 is 1.09 bits per heavy atom. The number of carbonyl (C=O) groups is 1. The van der Waals surface area contributed by atoms with Gasteiger partial charge in [-0.25, -0.2) is 0 Å². The molecule has 35 heavy (non-hydrogen) atoms. The van der Waals surface area contributed by atoms with Crippen LogP contribution in [0.5, 0.6) is 0 Å². The highest BCUT2D eigenvalue weighted by Gasteiger charge is 2.42. The van der Waals surface area contributed by atoms with Gasteiger partial charge in [0.25, 0.3) is 0 Å². The lowest BCUT2D eigenvalue weighted by Crippen LogP contribution is -2.48. The molecule has 0 aromatic heterocycles. The fourth-order valence-corrected chi connectivity index (χ4v) is 4.89. The molecule has 1 rings (SSSR count). The predicted molar refractivity (Wildman–Crippen MR) is 141 cm³/mol. The molecular weight excluding hydrogens is 516 g/mol. The number of unbranched alkanes of at least 4 members (excludes halogenated alkanes) is 2. The zero-order valence-corrected chi connectivity index (χ0v) is 24.3. The minimum Gasteiger partial charge on any atom is -0.459 e. The van der Waals surface area contributed by atoms with Crippen molar-refractivity contribution in [2.75, 3.05) is 13.2 Å². The number of aliphatic hydroxyl groups excluding tert-OH is 1. The first kappa shape index (κ1) is 32.5. The van der Waals surface area contributed by atoms with E-state index in [4.69, 9.17) is 14.2 Å². The first-order chi connectivity index (χ1) is 16.3. The van der Waals surface area contributed by atoms with Gasteiger partial charge in [-0.15, -0.1) is 0 Å². The van der Waals surface area contributed by atoms with E-state index in [9.17, 15) is 20.1 Å². The molecule has 206 valence electrons. The summed E-state index contributed by atoms with van der Waals surface area (Å²) in [5, 5.41) is 33.7. The molecule has 0 saturated heterocycles. The van der Waals surface area contributed by atoms with Crippen LogP contribution in [0.2, 0.25) is 0 Å². The molecule has 1 aliphatic rings. The summed E-state index contributed by atoms with van der Waals surface area (Å²) in [6, 6.07) is 0. The third kappa shape index (κ3) is 9.71. The molecule has 0 amide bonds. The fourth-order valence-electron chi connectivity index (χ4n) is 4.38. The van der Waals surface area contributed by atoms with Crippen LogP contribution in [0.1, 0.15) is 93.4 Å². The Hall–Kier alpha value is -0.510. The van der Waals surface area contributed by atoms with Crippen LogP contribution in [0.3, 0.4) is 0 Å². The smallest absolute Gasteiger partial charge is 0.311 e. The van der Waals surface area contributed by atoms with Crippen molar-refractivity contribution in [1.82, 2.24) is 0 Å². The zero-order valence-electron chi connectivity index (χ0n) is 22.8. The highest BCUT2D eigenvalue weighted by Crippen LogP contribution is 2.35. The predicted octanol–water partition coefficient (Wildman–Crippen LogP) is 4.89. The standard InChI is InChI=1S/C27H49BrO7/c1-8-11-13-33-20-15-22(28)27(7,32)24(10-3)35-25(30)19(5)21(34-14-12-9-2)16-23(29)26(6,31)17-18(20)4/h15,18-21,23-24,29,31-32H,8-14,16-17H2,1-7H3/b22-15-/t18-,19-,20-,21+,23-,24-,26-,27+/m1/s1. The lowest BCUT2D eigenvalue weighted by Gasteiger charge is -2.38. The van der Waals surface area contributed by atoms with E-state index >= 15 is 0 Å². The lowest BCUT2D eigenvalue weighted by atomic mass is 9.81. The molecule has 0 aromatic carbocycles. The van der Waals surface area contributed by atoms with Crippen molar-refractivity contribution >= 4 is 21.9 Å². The molecule has 0 fully saturated rings. The third-order valence-electron chi connectivity index (χ3n) is 7.09. The minimum absolute atomic E-state index is 0.0910. The maximum absolute atomic E-state index is 13.1. The Morgan fingerprint density at radius 3 is 2.20 bits per heavy atom. The van der Waals surface area contributed by atoms with Gasteiger partial charge in [-0.3, -0.25) is 4.79 Å². The second kappa shape index (κ2) is 15.0. The van der Waals surface area contributed by atoms with Crippen LogP contribution >= 0.6 is 15.9 Å². The van der Waals surface area contributed by atoms with Gasteiger partial charge < -0.3 is 29.5 Å². The Labute approximate surface area is 220 Å². The van der Waals surface area contributed by atoms with Crippen molar-refractivity contribution in [1.29, 1.82) is 0 Å². The number of carbonyl (C=O) groups excluding carboxylic acids is 1. The molecule has 1 aliphatic heterocycles. The van der Waals surface area contributed by atoms with Crippen molar-refractivity contribution in [3.8, 4) is 0 Å². The highest BCUT2D eigenvalue weighted by atomic mass is 79.9. The van der Waals surface area contributed by atoms with E-state index in [-0.39, 0.29) is 18.8 Å². The number of rotatable bonds is 9. The van der Waals surface area contributed by atoms with Gasteiger partial charge in [-0.2, -0.15) is 0 Å². The van der Waals surface area contributed by atoms with E-state index < -0.39 is 47.5 Å². The van der Waals surface area contributed by atoms with E-state index in [0.717, 1.165) is 25.7 Å².